The molecule has 1 saturated carbocycles. The van der Waals surface area contributed by atoms with Gasteiger partial charge >= 0.3 is 6.09 Å². The van der Waals surface area contributed by atoms with E-state index in [1.165, 1.54) is 0 Å². The molecule has 2 heterocycles. The van der Waals surface area contributed by atoms with Crippen molar-refractivity contribution in [1.82, 2.24) is 15.6 Å². The van der Waals surface area contributed by atoms with Crippen LogP contribution in [-0.2, 0) is 11.3 Å². The lowest BCUT2D eigenvalue weighted by atomic mass is 9.90. The van der Waals surface area contributed by atoms with Gasteiger partial charge in [-0.3, -0.25) is 4.79 Å². The number of pyridine rings is 1. The zero-order chi connectivity index (χ0) is 26.6. The van der Waals surface area contributed by atoms with Gasteiger partial charge in [0.15, 0.2) is 0 Å². The number of fused-ring (bicyclic) bond motifs is 1. The van der Waals surface area contributed by atoms with Crippen molar-refractivity contribution >= 4 is 29.3 Å². The molecule has 9 nitrogen and oxygen atoms in total. The summed E-state index contributed by atoms with van der Waals surface area (Å²) in [6, 6.07) is 7.56. The number of carbonyl (C=O) groups excluding carboxylic acids is 2. The highest BCUT2D eigenvalue weighted by molar-refractivity contribution is 6.04. The lowest BCUT2D eigenvalue weighted by Gasteiger charge is -2.34. The summed E-state index contributed by atoms with van der Waals surface area (Å²) in [5.41, 5.74) is 3.04. The van der Waals surface area contributed by atoms with Crippen LogP contribution in [0.2, 0.25) is 0 Å². The van der Waals surface area contributed by atoms with Gasteiger partial charge in [-0.25, -0.2) is 9.78 Å². The summed E-state index contributed by atoms with van der Waals surface area (Å²) < 4.78 is 5.48. The van der Waals surface area contributed by atoms with E-state index in [2.05, 4.69) is 33.1 Å². The molecular formula is C28H35N5O4. The van der Waals surface area contributed by atoms with Crippen LogP contribution in [0, 0.1) is 18.8 Å². The quantitative estimate of drug-likeness (QED) is 0.390. The van der Waals surface area contributed by atoms with Crippen molar-refractivity contribution in [2.75, 3.05) is 17.2 Å². The highest BCUT2D eigenvalue weighted by atomic mass is 16.6. The van der Waals surface area contributed by atoms with E-state index < -0.39 is 11.7 Å². The smallest absolute Gasteiger partial charge is 0.407 e. The van der Waals surface area contributed by atoms with Gasteiger partial charge in [0.1, 0.15) is 23.8 Å². The average Bonchev–Trinajstić information content (AvgIpc) is 3.20. The number of aromatic nitrogens is 1. The Bertz CT molecular complexity index is 1240. The number of benzene rings is 1. The van der Waals surface area contributed by atoms with Crippen molar-refractivity contribution in [2.45, 2.75) is 77.6 Å². The first-order chi connectivity index (χ1) is 17.6. The van der Waals surface area contributed by atoms with Crippen molar-refractivity contribution in [3.05, 3.63) is 46.5 Å². The molecule has 2 amide bonds. The Morgan fingerprint density at radius 1 is 1.22 bits per heavy atom. The first-order valence-electron chi connectivity index (χ1n) is 12.7. The summed E-state index contributed by atoms with van der Waals surface area (Å²) in [5.74, 6) is 6.43. The number of aryl methyl sites for hydroxylation is 1. The highest BCUT2D eigenvalue weighted by Gasteiger charge is 2.33. The van der Waals surface area contributed by atoms with E-state index in [1.54, 1.807) is 0 Å². The molecule has 1 aromatic heterocycles. The molecule has 1 aliphatic heterocycles. The van der Waals surface area contributed by atoms with Gasteiger partial charge < -0.3 is 31.1 Å². The Balaban J connectivity index is 1.70. The van der Waals surface area contributed by atoms with Crippen LogP contribution < -0.4 is 21.3 Å². The SMILES string of the molecule is Cc1cccc(Nc2nc(N[C@@H]3CCCC[C@@H]3NC(=O)OC(C)(C)C)c(C#CCO)c3c2C(=O)NC3)c1. The summed E-state index contributed by atoms with van der Waals surface area (Å²) >= 11 is 0. The number of hydrogen-bond acceptors (Lipinski definition) is 7. The topological polar surface area (TPSA) is 125 Å². The van der Waals surface area contributed by atoms with Crippen LogP contribution in [0.1, 0.15) is 73.5 Å². The number of anilines is 3. The first-order valence-corrected chi connectivity index (χ1v) is 12.7. The fourth-order valence-corrected chi connectivity index (χ4v) is 4.74. The van der Waals surface area contributed by atoms with Crippen LogP contribution in [0.25, 0.3) is 0 Å². The van der Waals surface area contributed by atoms with Gasteiger partial charge in [-0.05, 0) is 58.2 Å². The Morgan fingerprint density at radius 3 is 2.68 bits per heavy atom. The van der Waals surface area contributed by atoms with Gasteiger partial charge in [0.2, 0.25) is 0 Å². The molecule has 2 atom stereocenters. The van der Waals surface area contributed by atoms with Crippen LogP contribution in [0.3, 0.4) is 0 Å². The Kier molecular flexibility index (Phi) is 7.89. The monoisotopic (exact) mass is 505 g/mol. The molecule has 1 aromatic carbocycles. The third-order valence-corrected chi connectivity index (χ3v) is 6.32. The summed E-state index contributed by atoms with van der Waals surface area (Å²) in [4.78, 5) is 30.1. The molecule has 0 radical (unpaired) electrons. The van der Waals surface area contributed by atoms with E-state index in [1.807, 2.05) is 52.0 Å². The van der Waals surface area contributed by atoms with Crippen molar-refractivity contribution in [2.24, 2.45) is 0 Å². The third-order valence-electron chi connectivity index (χ3n) is 6.32. The number of carbonyl (C=O) groups is 2. The fourth-order valence-electron chi connectivity index (χ4n) is 4.74. The van der Waals surface area contributed by atoms with Crippen molar-refractivity contribution in [1.29, 1.82) is 0 Å². The Hall–Kier alpha value is -3.77. The molecule has 37 heavy (non-hydrogen) atoms. The average molecular weight is 506 g/mol. The minimum atomic E-state index is -0.591. The molecule has 5 N–H and O–H groups in total. The van der Waals surface area contributed by atoms with E-state index in [0.29, 0.717) is 29.3 Å². The number of nitrogens with one attached hydrogen (secondary N) is 4. The molecule has 9 heteroatoms. The van der Waals surface area contributed by atoms with Gasteiger partial charge in [0.25, 0.3) is 5.91 Å². The van der Waals surface area contributed by atoms with Crippen LogP contribution in [-0.4, -0.2) is 46.4 Å². The molecule has 2 aromatic rings. The van der Waals surface area contributed by atoms with Gasteiger partial charge in [-0.2, -0.15) is 0 Å². The zero-order valence-electron chi connectivity index (χ0n) is 21.8. The lowest BCUT2D eigenvalue weighted by molar-refractivity contribution is 0.0488. The van der Waals surface area contributed by atoms with Crippen LogP contribution in [0.5, 0.6) is 0 Å². The second-order valence-electron chi connectivity index (χ2n) is 10.5. The number of ether oxygens (including phenoxy) is 1. The number of alkyl carbamates (subject to hydrolysis) is 1. The fraction of sp³-hybridized carbons (Fsp3) is 0.464. The summed E-state index contributed by atoms with van der Waals surface area (Å²) in [6.07, 6.45) is 3.16. The predicted octanol–water partition coefficient (Wildman–Crippen LogP) is 3.97. The van der Waals surface area contributed by atoms with Gasteiger partial charge in [0, 0.05) is 23.8 Å². The number of rotatable bonds is 5. The molecule has 0 saturated heterocycles. The van der Waals surface area contributed by atoms with E-state index in [9.17, 15) is 14.7 Å². The van der Waals surface area contributed by atoms with Crippen molar-refractivity contribution in [3.8, 4) is 11.8 Å². The lowest BCUT2D eigenvalue weighted by Crippen LogP contribution is -2.50. The van der Waals surface area contributed by atoms with Gasteiger partial charge in [-0.1, -0.05) is 36.8 Å². The maximum absolute atomic E-state index is 12.8. The maximum Gasteiger partial charge on any atom is 0.407 e. The van der Waals surface area contributed by atoms with Crippen LogP contribution >= 0.6 is 0 Å². The molecule has 0 bridgehead atoms. The summed E-state index contributed by atoms with van der Waals surface area (Å²) in [7, 11) is 0. The molecular weight excluding hydrogens is 470 g/mol. The predicted molar refractivity (Wildman–Crippen MR) is 143 cm³/mol. The third kappa shape index (κ3) is 6.52. The molecule has 1 fully saturated rings. The van der Waals surface area contributed by atoms with E-state index in [4.69, 9.17) is 9.72 Å². The summed E-state index contributed by atoms with van der Waals surface area (Å²) in [6.45, 7) is 7.50. The minimum absolute atomic E-state index is 0.113. The largest absolute Gasteiger partial charge is 0.444 e. The van der Waals surface area contributed by atoms with Crippen LogP contribution in [0.4, 0.5) is 22.1 Å². The van der Waals surface area contributed by atoms with E-state index in [-0.39, 0.29) is 24.6 Å². The van der Waals surface area contributed by atoms with Gasteiger partial charge in [0.05, 0.1) is 17.2 Å². The van der Waals surface area contributed by atoms with E-state index >= 15 is 0 Å². The Labute approximate surface area is 217 Å². The normalized spacial score (nSPS) is 18.7. The Morgan fingerprint density at radius 2 is 1.97 bits per heavy atom. The van der Waals surface area contributed by atoms with Crippen LogP contribution in [0.15, 0.2) is 24.3 Å². The van der Waals surface area contributed by atoms with Crippen molar-refractivity contribution in [3.63, 3.8) is 0 Å². The maximum atomic E-state index is 12.8. The number of nitrogens with zero attached hydrogens (tertiary/aromatic N) is 1. The molecule has 4 rings (SSSR count). The highest BCUT2D eigenvalue weighted by Crippen LogP contribution is 2.34. The molecule has 196 valence electrons. The van der Waals surface area contributed by atoms with Gasteiger partial charge in [-0.15, -0.1) is 0 Å². The number of amides is 2. The number of hydrogen-bond donors (Lipinski definition) is 5. The van der Waals surface area contributed by atoms with Crippen molar-refractivity contribution < 1.29 is 19.4 Å². The molecule has 0 spiro atoms. The van der Waals surface area contributed by atoms with E-state index in [0.717, 1.165) is 42.5 Å². The second kappa shape index (κ2) is 11.1. The number of aliphatic hydroxyl groups excluding tert-OH is 1. The minimum Gasteiger partial charge on any atom is -0.444 e. The zero-order valence-corrected chi connectivity index (χ0v) is 21.8. The summed E-state index contributed by atoms with van der Waals surface area (Å²) in [5, 5.41) is 22.1. The molecule has 0 unspecified atom stereocenters. The second-order valence-corrected chi connectivity index (χ2v) is 10.5. The molecule has 1 aliphatic carbocycles. The standard InChI is InChI=1S/C28H35N5O4/c1-17-9-7-10-18(15-17)30-25-23-20(16-29-26(23)35)19(11-8-14-34)24(33-25)31-21-12-5-6-13-22(21)32-27(36)37-28(2,3)4/h7,9-10,15,21-22,34H,5-6,12-14,16H2,1-4H3,(H,29,35)(H,32,36)(H2,30,31,33)/t21-,22+/m1/s1. The number of aliphatic hydroxyl groups is 1. The molecule has 2 aliphatic rings. The first kappa shape index (κ1) is 26.3.